The van der Waals surface area contributed by atoms with Gasteiger partial charge in [-0.25, -0.2) is 4.79 Å². The maximum atomic E-state index is 11.0. The summed E-state index contributed by atoms with van der Waals surface area (Å²) in [5.41, 5.74) is 0.948. The highest BCUT2D eigenvalue weighted by atomic mass is 16.5. The molecular formula is C14H18O4. The Morgan fingerprint density at radius 2 is 2.28 bits per heavy atom. The number of rotatable bonds is 4. The van der Waals surface area contributed by atoms with Crippen LogP contribution >= 0.6 is 0 Å². The Hall–Kier alpha value is -1.55. The first-order valence-corrected chi connectivity index (χ1v) is 6.19. The predicted molar refractivity (Wildman–Crippen MR) is 67.2 cm³/mol. The Morgan fingerprint density at radius 3 is 2.89 bits per heavy atom. The number of carbonyl (C=O) groups is 1. The van der Waals surface area contributed by atoms with Gasteiger partial charge >= 0.3 is 5.97 Å². The van der Waals surface area contributed by atoms with Crippen molar-refractivity contribution >= 4 is 5.97 Å². The first-order chi connectivity index (χ1) is 8.58. The average molecular weight is 250 g/mol. The molecule has 1 N–H and O–H groups in total. The first-order valence-electron chi connectivity index (χ1n) is 6.19. The molecule has 2 unspecified atom stereocenters. The van der Waals surface area contributed by atoms with E-state index in [0.29, 0.717) is 24.0 Å². The third-order valence-electron chi connectivity index (χ3n) is 3.26. The zero-order valence-corrected chi connectivity index (χ0v) is 10.7. The standard InChI is InChI=1S/C14H18O4/c1-9-6-7-11(18-9)8-17-13-5-3-4-12(10(13)2)14(15)16/h3-5,9,11H,6-8H2,1-2H3,(H,15,16). The van der Waals surface area contributed by atoms with Crippen LogP contribution in [-0.4, -0.2) is 29.9 Å². The molecule has 1 aromatic rings. The van der Waals surface area contributed by atoms with E-state index in [1.807, 2.05) is 0 Å². The molecule has 0 aromatic heterocycles. The number of carboxylic acids is 1. The van der Waals surface area contributed by atoms with Gasteiger partial charge < -0.3 is 14.6 Å². The molecule has 1 aliphatic heterocycles. The zero-order chi connectivity index (χ0) is 13.1. The van der Waals surface area contributed by atoms with E-state index < -0.39 is 5.97 Å². The normalized spacial score (nSPS) is 23.0. The lowest BCUT2D eigenvalue weighted by molar-refractivity contribution is 0.0263. The van der Waals surface area contributed by atoms with E-state index in [0.717, 1.165) is 12.8 Å². The second kappa shape index (κ2) is 5.40. The van der Waals surface area contributed by atoms with E-state index >= 15 is 0 Å². The largest absolute Gasteiger partial charge is 0.491 e. The van der Waals surface area contributed by atoms with Crippen LogP contribution in [0.5, 0.6) is 5.75 Å². The number of aromatic carboxylic acids is 1. The van der Waals surface area contributed by atoms with Gasteiger partial charge in [-0.05, 0) is 38.8 Å². The molecule has 0 spiro atoms. The van der Waals surface area contributed by atoms with Gasteiger partial charge in [0.15, 0.2) is 0 Å². The quantitative estimate of drug-likeness (QED) is 0.892. The molecule has 0 amide bonds. The van der Waals surface area contributed by atoms with Crippen molar-refractivity contribution in [2.75, 3.05) is 6.61 Å². The molecule has 1 heterocycles. The third-order valence-corrected chi connectivity index (χ3v) is 3.26. The van der Waals surface area contributed by atoms with E-state index in [4.69, 9.17) is 14.6 Å². The van der Waals surface area contributed by atoms with Crippen LogP contribution in [0.3, 0.4) is 0 Å². The molecule has 98 valence electrons. The van der Waals surface area contributed by atoms with Crippen LogP contribution < -0.4 is 4.74 Å². The molecule has 1 aromatic carbocycles. The molecule has 0 bridgehead atoms. The summed E-state index contributed by atoms with van der Waals surface area (Å²) in [6, 6.07) is 5.07. The van der Waals surface area contributed by atoms with Crippen molar-refractivity contribution in [3.05, 3.63) is 29.3 Å². The molecule has 1 aliphatic rings. The Balaban J connectivity index is 2.01. The van der Waals surface area contributed by atoms with Gasteiger partial charge in [-0.15, -0.1) is 0 Å². The minimum absolute atomic E-state index is 0.118. The molecule has 0 aliphatic carbocycles. The van der Waals surface area contributed by atoms with E-state index in [1.54, 1.807) is 25.1 Å². The van der Waals surface area contributed by atoms with Gasteiger partial charge in [-0.3, -0.25) is 0 Å². The summed E-state index contributed by atoms with van der Waals surface area (Å²) in [7, 11) is 0. The SMILES string of the molecule is Cc1c(OCC2CCC(C)O2)cccc1C(=O)O. The molecule has 4 nitrogen and oxygen atoms in total. The minimum atomic E-state index is -0.927. The number of hydrogen-bond donors (Lipinski definition) is 1. The first kappa shape index (κ1) is 12.9. The summed E-state index contributed by atoms with van der Waals surface area (Å²) in [5.74, 6) is -0.304. The van der Waals surface area contributed by atoms with E-state index in [-0.39, 0.29) is 11.7 Å². The highest BCUT2D eigenvalue weighted by molar-refractivity contribution is 5.90. The summed E-state index contributed by atoms with van der Waals surface area (Å²) in [6.07, 6.45) is 2.47. The predicted octanol–water partition coefficient (Wildman–Crippen LogP) is 2.64. The lowest BCUT2D eigenvalue weighted by Gasteiger charge is -2.15. The van der Waals surface area contributed by atoms with Gasteiger partial charge in [0.25, 0.3) is 0 Å². The van der Waals surface area contributed by atoms with Crippen LogP contribution in [0.2, 0.25) is 0 Å². The van der Waals surface area contributed by atoms with Crippen molar-refractivity contribution in [2.24, 2.45) is 0 Å². The Labute approximate surface area is 107 Å². The molecule has 0 saturated carbocycles. The summed E-state index contributed by atoms with van der Waals surface area (Å²) < 4.78 is 11.3. The maximum absolute atomic E-state index is 11.0. The second-order valence-electron chi connectivity index (χ2n) is 4.69. The summed E-state index contributed by atoms with van der Waals surface area (Å²) in [6.45, 7) is 4.29. The summed E-state index contributed by atoms with van der Waals surface area (Å²) in [4.78, 5) is 11.0. The van der Waals surface area contributed by atoms with Crippen LogP contribution in [0, 0.1) is 6.92 Å². The van der Waals surface area contributed by atoms with Crippen molar-refractivity contribution in [3.63, 3.8) is 0 Å². The summed E-state index contributed by atoms with van der Waals surface area (Å²) >= 11 is 0. The number of hydrogen-bond acceptors (Lipinski definition) is 3. The minimum Gasteiger partial charge on any atom is -0.491 e. The van der Waals surface area contributed by atoms with Crippen molar-refractivity contribution in [3.8, 4) is 5.75 Å². The molecular weight excluding hydrogens is 232 g/mol. The molecule has 0 radical (unpaired) electrons. The fourth-order valence-corrected chi connectivity index (χ4v) is 2.19. The monoisotopic (exact) mass is 250 g/mol. The number of carboxylic acid groups (broad SMARTS) is 1. The van der Waals surface area contributed by atoms with Gasteiger partial charge in [0, 0.05) is 5.56 Å². The third kappa shape index (κ3) is 2.82. The molecule has 1 saturated heterocycles. The molecule has 2 atom stereocenters. The van der Waals surface area contributed by atoms with Crippen LogP contribution in [-0.2, 0) is 4.74 Å². The fourth-order valence-electron chi connectivity index (χ4n) is 2.19. The van der Waals surface area contributed by atoms with E-state index in [1.165, 1.54) is 0 Å². The van der Waals surface area contributed by atoms with Gasteiger partial charge in [-0.1, -0.05) is 6.07 Å². The van der Waals surface area contributed by atoms with E-state index in [9.17, 15) is 4.79 Å². The van der Waals surface area contributed by atoms with Gasteiger partial charge in [0.05, 0.1) is 17.8 Å². The highest BCUT2D eigenvalue weighted by Gasteiger charge is 2.22. The Bertz CT molecular complexity index is 441. The van der Waals surface area contributed by atoms with Crippen LogP contribution in [0.25, 0.3) is 0 Å². The molecule has 1 fully saturated rings. The smallest absolute Gasteiger partial charge is 0.336 e. The Morgan fingerprint density at radius 1 is 1.50 bits per heavy atom. The van der Waals surface area contributed by atoms with Crippen molar-refractivity contribution in [1.82, 2.24) is 0 Å². The zero-order valence-electron chi connectivity index (χ0n) is 10.7. The Kier molecular flexibility index (Phi) is 3.87. The van der Waals surface area contributed by atoms with Crippen molar-refractivity contribution < 1.29 is 19.4 Å². The van der Waals surface area contributed by atoms with Gasteiger partial charge in [-0.2, -0.15) is 0 Å². The van der Waals surface area contributed by atoms with Crippen molar-refractivity contribution in [2.45, 2.75) is 38.9 Å². The fraction of sp³-hybridized carbons (Fsp3) is 0.500. The second-order valence-corrected chi connectivity index (χ2v) is 4.69. The van der Waals surface area contributed by atoms with Gasteiger partial charge in [0.1, 0.15) is 12.4 Å². The lowest BCUT2D eigenvalue weighted by Crippen LogP contribution is -2.18. The van der Waals surface area contributed by atoms with Crippen LogP contribution in [0.4, 0.5) is 0 Å². The lowest BCUT2D eigenvalue weighted by atomic mass is 10.1. The van der Waals surface area contributed by atoms with Crippen molar-refractivity contribution in [1.29, 1.82) is 0 Å². The van der Waals surface area contributed by atoms with Crippen LogP contribution in [0.15, 0.2) is 18.2 Å². The topological polar surface area (TPSA) is 55.8 Å². The molecule has 4 heteroatoms. The number of ether oxygens (including phenoxy) is 2. The summed E-state index contributed by atoms with van der Waals surface area (Å²) in [5, 5.41) is 9.02. The molecule has 18 heavy (non-hydrogen) atoms. The average Bonchev–Trinajstić information content (AvgIpc) is 2.73. The van der Waals surface area contributed by atoms with Gasteiger partial charge in [0.2, 0.25) is 0 Å². The molecule has 2 rings (SSSR count). The van der Waals surface area contributed by atoms with E-state index in [2.05, 4.69) is 6.92 Å². The number of benzene rings is 1. The maximum Gasteiger partial charge on any atom is 0.336 e. The highest BCUT2D eigenvalue weighted by Crippen LogP contribution is 2.24. The van der Waals surface area contributed by atoms with Crippen LogP contribution in [0.1, 0.15) is 35.7 Å².